The highest BCUT2D eigenvalue weighted by Gasteiger charge is 2.09. The molecule has 24 heavy (non-hydrogen) atoms. The maximum atomic E-state index is 12.4. The second-order valence-electron chi connectivity index (χ2n) is 4.72. The molecule has 9 heteroatoms. The number of nitro benzene ring substituents is 1. The average molecular weight is 344 g/mol. The van der Waals surface area contributed by atoms with E-state index in [1.165, 1.54) is 34.9 Å². The number of benzene rings is 1. The molecule has 0 fully saturated rings. The summed E-state index contributed by atoms with van der Waals surface area (Å²) in [7, 11) is 0. The Hall–Kier alpha value is -3.26. The number of non-ortho nitro benzene ring substituents is 1. The molecule has 0 saturated heterocycles. The molecular formula is C15H10ClN5O3. The standard InChI is InChI=1S/C15H10ClN5O3/c16-14-12(15(22)20-8-2-1-3-13(20)18-14)9-17-19-10-4-6-11(7-5-10)21(23)24/h1-9,19H/b17-9+. The molecule has 3 aromatic rings. The van der Waals surface area contributed by atoms with Gasteiger partial charge >= 0.3 is 0 Å². The third-order valence-corrected chi connectivity index (χ3v) is 3.48. The van der Waals surface area contributed by atoms with E-state index >= 15 is 0 Å². The van der Waals surface area contributed by atoms with Crippen molar-refractivity contribution in [3.8, 4) is 0 Å². The second-order valence-corrected chi connectivity index (χ2v) is 5.08. The van der Waals surface area contributed by atoms with Gasteiger partial charge in [0.15, 0.2) is 0 Å². The number of pyridine rings is 1. The molecular weight excluding hydrogens is 334 g/mol. The highest BCUT2D eigenvalue weighted by molar-refractivity contribution is 6.32. The van der Waals surface area contributed by atoms with Gasteiger partial charge in [0.05, 0.1) is 22.4 Å². The van der Waals surface area contributed by atoms with Gasteiger partial charge in [-0.2, -0.15) is 5.10 Å². The third-order valence-electron chi connectivity index (χ3n) is 3.19. The van der Waals surface area contributed by atoms with E-state index in [1.807, 2.05) is 0 Å². The van der Waals surface area contributed by atoms with Crippen LogP contribution in [-0.4, -0.2) is 20.5 Å². The number of rotatable bonds is 4. The molecule has 0 aliphatic carbocycles. The third kappa shape index (κ3) is 3.08. The largest absolute Gasteiger partial charge is 0.278 e. The number of fused-ring (bicyclic) bond motifs is 1. The summed E-state index contributed by atoms with van der Waals surface area (Å²) in [5.74, 6) is 0. The summed E-state index contributed by atoms with van der Waals surface area (Å²) in [4.78, 5) is 26.6. The highest BCUT2D eigenvalue weighted by Crippen LogP contribution is 2.15. The quantitative estimate of drug-likeness (QED) is 0.339. The Morgan fingerprint density at radius 3 is 2.71 bits per heavy atom. The lowest BCUT2D eigenvalue weighted by Crippen LogP contribution is -2.20. The number of hydrazone groups is 1. The van der Waals surface area contributed by atoms with Crippen LogP contribution in [0.5, 0.6) is 0 Å². The number of hydrogen-bond donors (Lipinski definition) is 1. The zero-order valence-corrected chi connectivity index (χ0v) is 12.8. The van der Waals surface area contributed by atoms with Gasteiger partial charge in [0.25, 0.3) is 11.2 Å². The average Bonchev–Trinajstić information content (AvgIpc) is 2.58. The van der Waals surface area contributed by atoms with Crippen molar-refractivity contribution in [2.75, 3.05) is 5.43 Å². The smallest absolute Gasteiger partial charge is 0.269 e. The fraction of sp³-hybridized carbons (Fsp3) is 0. The summed E-state index contributed by atoms with van der Waals surface area (Å²) in [5.41, 5.74) is 3.40. The van der Waals surface area contributed by atoms with Gasteiger partial charge in [-0.05, 0) is 24.3 Å². The van der Waals surface area contributed by atoms with Gasteiger partial charge in [-0.15, -0.1) is 0 Å². The Labute approximate surface area is 140 Å². The Morgan fingerprint density at radius 2 is 2.00 bits per heavy atom. The van der Waals surface area contributed by atoms with Gasteiger partial charge < -0.3 is 0 Å². The fourth-order valence-corrected chi connectivity index (χ4v) is 2.23. The van der Waals surface area contributed by atoms with Crippen molar-refractivity contribution in [1.29, 1.82) is 0 Å². The summed E-state index contributed by atoms with van der Waals surface area (Å²) in [5, 5.41) is 14.6. The van der Waals surface area contributed by atoms with Crippen LogP contribution in [0.25, 0.3) is 5.65 Å². The SMILES string of the molecule is O=c1c(/C=N/Nc2ccc([N+](=O)[O-])cc2)c(Cl)nc2ccccn12. The predicted molar refractivity (Wildman–Crippen MR) is 90.8 cm³/mol. The summed E-state index contributed by atoms with van der Waals surface area (Å²) >= 11 is 6.03. The van der Waals surface area contributed by atoms with Crippen LogP contribution < -0.4 is 11.0 Å². The summed E-state index contributed by atoms with van der Waals surface area (Å²) in [6, 6.07) is 10.8. The van der Waals surface area contributed by atoms with Crippen molar-refractivity contribution in [3.05, 3.63) is 79.8 Å². The van der Waals surface area contributed by atoms with Crippen LogP contribution >= 0.6 is 11.6 Å². The van der Waals surface area contributed by atoms with E-state index in [0.29, 0.717) is 11.3 Å². The minimum absolute atomic E-state index is 0.0236. The molecule has 0 bridgehead atoms. The van der Waals surface area contributed by atoms with Crippen molar-refractivity contribution in [1.82, 2.24) is 9.38 Å². The van der Waals surface area contributed by atoms with Crippen molar-refractivity contribution >= 4 is 34.8 Å². The minimum Gasteiger partial charge on any atom is -0.278 e. The Bertz CT molecular complexity index is 998. The van der Waals surface area contributed by atoms with Crippen molar-refractivity contribution in [2.45, 2.75) is 0 Å². The molecule has 8 nitrogen and oxygen atoms in total. The van der Waals surface area contributed by atoms with Gasteiger partial charge in [0.1, 0.15) is 10.8 Å². The molecule has 0 saturated carbocycles. The lowest BCUT2D eigenvalue weighted by molar-refractivity contribution is -0.384. The minimum atomic E-state index is -0.492. The summed E-state index contributed by atoms with van der Waals surface area (Å²) in [6.07, 6.45) is 2.85. The zero-order chi connectivity index (χ0) is 17.1. The monoisotopic (exact) mass is 343 g/mol. The number of hydrogen-bond acceptors (Lipinski definition) is 6. The van der Waals surface area contributed by atoms with E-state index in [0.717, 1.165) is 0 Å². The molecule has 120 valence electrons. The molecule has 2 heterocycles. The van der Waals surface area contributed by atoms with E-state index in [9.17, 15) is 14.9 Å². The molecule has 0 radical (unpaired) electrons. The normalized spacial score (nSPS) is 11.0. The first kappa shape index (κ1) is 15.6. The topological polar surface area (TPSA) is 102 Å². The van der Waals surface area contributed by atoms with Gasteiger partial charge in [-0.1, -0.05) is 17.7 Å². The zero-order valence-electron chi connectivity index (χ0n) is 12.1. The number of anilines is 1. The Balaban J connectivity index is 1.85. The van der Waals surface area contributed by atoms with Crippen LogP contribution in [-0.2, 0) is 0 Å². The lowest BCUT2D eigenvalue weighted by Gasteiger charge is -2.03. The van der Waals surface area contributed by atoms with Gasteiger partial charge in [-0.25, -0.2) is 4.98 Å². The maximum absolute atomic E-state index is 12.4. The van der Waals surface area contributed by atoms with E-state index in [1.54, 1.807) is 24.4 Å². The molecule has 0 unspecified atom stereocenters. The molecule has 0 atom stereocenters. The maximum Gasteiger partial charge on any atom is 0.269 e. The van der Waals surface area contributed by atoms with Crippen molar-refractivity contribution < 1.29 is 4.92 Å². The van der Waals surface area contributed by atoms with Gasteiger partial charge in [0, 0.05) is 18.3 Å². The van der Waals surface area contributed by atoms with Crippen LogP contribution in [0.15, 0.2) is 58.6 Å². The molecule has 0 aliphatic rings. The molecule has 2 aromatic heterocycles. The second kappa shape index (κ2) is 6.47. The number of nitrogens with one attached hydrogen (secondary N) is 1. The van der Waals surface area contributed by atoms with Crippen LogP contribution in [0.3, 0.4) is 0 Å². The van der Waals surface area contributed by atoms with Gasteiger partial charge in [-0.3, -0.25) is 24.7 Å². The van der Waals surface area contributed by atoms with Crippen LogP contribution in [0, 0.1) is 10.1 Å². The van der Waals surface area contributed by atoms with Crippen LogP contribution in [0.1, 0.15) is 5.56 Å². The van der Waals surface area contributed by atoms with E-state index < -0.39 is 4.92 Å². The fourth-order valence-electron chi connectivity index (χ4n) is 2.01. The molecule has 1 N–H and O–H groups in total. The molecule has 0 aliphatic heterocycles. The van der Waals surface area contributed by atoms with Crippen LogP contribution in [0.4, 0.5) is 11.4 Å². The van der Waals surface area contributed by atoms with E-state index in [4.69, 9.17) is 11.6 Å². The van der Waals surface area contributed by atoms with Crippen LogP contribution in [0.2, 0.25) is 5.15 Å². The molecule has 3 rings (SSSR count). The number of nitro groups is 1. The molecule has 0 spiro atoms. The molecule has 1 aromatic carbocycles. The summed E-state index contributed by atoms with van der Waals surface area (Å²) < 4.78 is 1.36. The Morgan fingerprint density at radius 1 is 1.25 bits per heavy atom. The molecule has 0 amide bonds. The van der Waals surface area contributed by atoms with Gasteiger partial charge in [0.2, 0.25) is 0 Å². The first-order chi connectivity index (χ1) is 11.6. The number of nitrogens with zero attached hydrogens (tertiary/aromatic N) is 4. The lowest BCUT2D eigenvalue weighted by atomic mass is 10.3. The van der Waals surface area contributed by atoms with E-state index in [-0.39, 0.29) is 22.0 Å². The summed E-state index contributed by atoms with van der Waals surface area (Å²) in [6.45, 7) is 0. The van der Waals surface area contributed by atoms with Crippen molar-refractivity contribution in [3.63, 3.8) is 0 Å². The first-order valence-corrected chi connectivity index (χ1v) is 7.14. The van der Waals surface area contributed by atoms with Crippen molar-refractivity contribution in [2.24, 2.45) is 5.10 Å². The number of halogens is 1. The Kier molecular flexibility index (Phi) is 4.21. The highest BCUT2D eigenvalue weighted by atomic mass is 35.5. The van der Waals surface area contributed by atoms with E-state index in [2.05, 4.69) is 15.5 Å². The first-order valence-electron chi connectivity index (χ1n) is 6.77. The predicted octanol–water partition coefficient (Wildman–Crippen LogP) is 2.70. The number of aromatic nitrogens is 2.